The van der Waals surface area contributed by atoms with Crippen molar-refractivity contribution in [1.29, 1.82) is 0 Å². The van der Waals surface area contributed by atoms with Crippen LogP contribution in [-0.2, 0) is 33.2 Å². The van der Waals surface area contributed by atoms with Gasteiger partial charge in [0.2, 0.25) is 0 Å². The summed E-state index contributed by atoms with van der Waals surface area (Å²) < 4.78 is 31.4. The van der Waals surface area contributed by atoms with E-state index in [1.165, 1.54) is 0 Å². The lowest BCUT2D eigenvalue weighted by Crippen LogP contribution is -2.34. The minimum absolute atomic E-state index is 0.327. The SMILES string of the molecule is CCCCCC(=O)O.COCCOCCN(CCOCCOC)CCOCCOC. The van der Waals surface area contributed by atoms with Gasteiger partial charge in [-0.3, -0.25) is 9.69 Å². The molecule has 0 amide bonds. The Morgan fingerprint density at radius 1 is 0.667 bits per heavy atom. The number of nitrogens with zero attached hydrogens (tertiary/aromatic N) is 1. The van der Waals surface area contributed by atoms with E-state index in [2.05, 4.69) is 11.8 Å². The zero-order valence-electron chi connectivity index (χ0n) is 19.6. The topological polar surface area (TPSA) is 95.9 Å². The van der Waals surface area contributed by atoms with Crippen LogP contribution in [0.3, 0.4) is 0 Å². The average Bonchev–Trinajstić information content (AvgIpc) is 2.73. The van der Waals surface area contributed by atoms with Crippen LogP contribution in [0.5, 0.6) is 0 Å². The van der Waals surface area contributed by atoms with Gasteiger partial charge in [0.15, 0.2) is 0 Å². The molecule has 0 saturated heterocycles. The van der Waals surface area contributed by atoms with Crippen LogP contribution >= 0.6 is 0 Å². The van der Waals surface area contributed by atoms with Crippen LogP contribution in [0.2, 0.25) is 0 Å². The third-order valence-electron chi connectivity index (χ3n) is 3.95. The Bertz CT molecular complexity index is 301. The number of ether oxygens (including phenoxy) is 6. The molecular weight excluding hydrogens is 394 g/mol. The van der Waals surface area contributed by atoms with Crippen molar-refractivity contribution in [3.05, 3.63) is 0 Å². The first-order valence-corrected chi connectivity index (χ1v) is 10.8. The molecule has 0 aromatic carbocycles. The Morgan fingerprint density at radius 2 is 1.07 bits per heavy atom. The van der Waals surface area contributed by atoms with E-state index in [4.69, 9.17) is 33.5 Å². The van der Waals surface area contributed by atoms with Crippen molar-refractivity contribution in [3.63, 3.8) is 0 Å². The molecular formula is C21H45NO8. The monoisotopic (exact) mass is 439 g/mol. The van der Waals surface area contributed by atoms with Crippen molar-refractivity contribution < 1.29 is 38.3 Å². The zero-order chi connectivity index (χ0) is 22.7. The van der Waals surface area contributed by atoms with Gasteiger partial charge >= 0.3 is 5.97 Å². The van der Waals surface area contributed by atoms with Crippen LogP contribution in [0.15, 0.2) is 0 Å². The van der Waals surface area contributed by atoms with E-state index >= 15 is 0 Å². The van der Waals surface area contributed by atoms with Gasteiger partial charge in [0.1, 0.15) is 0 Å². The molecule has 0 bridgehead atoms. The van der Waals surface area contributed by atoms with Crippen LogP contribution in [0.4, 0.5) is 0 Å². The molecule has 0 aromatic rings. The van der Waals surface area contributed by atoms with Gasteiger partial charge in [0.05, 0.1) is 59.5 Å². The highest BCUT2D eigenvalue weighted by Gasteiger charge is 2.05. The van der Waals surface area contributed by atoms with Gasteiger partial charge in [-0.15, -0.1) is 0 Å². The molecule has 1 N–H and O–H groups in total. The van der Waals surface area contributed by atoms with E-state index in [1.807, 2.05) is 0 Å². The lowest BCUT2D eigenvalue weighted by molar-refractivity contribution is -0.137. The minimum Gasteiger partial charge on any atom is -0.481 e. The molecule has 0 unspecified atom stereocenters. The van der Waals surface area contributed by atoms with Crippen molar-refractivity contribution in [3.8, 4) is 0 Å². The maximum absolute atomic E-state index is 9.87. The van der Waals surface area contributed by atoms with Gasteiger partial charge in [0.25, 0.3) is 0 Å². The van der Waals surface area contributed by atoms with Crippen LogP contribution in [0.1, 0.15) is 32.6 Å². The summed E-state index contributed by atoms with van der Waals surface area (Å²) in [6.07, 6.45) is 3.28. The van der Waals surface area contributed by atoms with Crippen molar-refractivity contribution >= 4 is 5.97 Å². The van der Waals surface area contributed by atoms with E-state index in [0.717, 1.165) is 38.9 Å². The smallest absolute Gasteiger partial charge is 0.303 e. The molecule has 9 heteroatoms. The maximum atomic E-state index is 9.87. The summed E-state index contributed by atoms with van der Waals surface area (Å²) in [4.78, 5) is 12.1. The minimum atomic E-state index is -0.682. The molecule has 0 heterocycles. The predicted molar refractivity (Wildman–Crippen MR) is 116 cm³/mol. The number of aliphatic carboxylic acids is 1. The first-order valence-electron chi connectivity index (χ1n) is 10.8. The van der Waals surface area contributed by atoms with E-state index in [1.54, 1.807) is 21.3 Å². The Hall–Kier alpha value is -0.810. The van der Waals surface area contributed by atoms with Gasteiger partial charge in [0, 0.05) is 47.4 Å². The number of hydrogen-bond donors (Lipinski definition) is 1. The third-order valence-corrected chi connectivity index (χ3v) is 3.95. The molecule has 0 aliphatic heterocycles. The molecule has 0 atom stereocenters. The van der Waals surface area contributed by atoms with E-state index in [-0.39, 0.29) is 0 Å². The summed E-state index contributed by atoms with van der Waals surface area (Å²) in [6, 6.07) is 0. The first kappa shape index (κ1) is 31.4. The highest BCUT2D eigenvalue weighted by Crippen LogP contribution is 1.97. The largest absolute Gasteiger partial charge is 0.481 e. The van der Waals surface area contributed by atoms with Gasteiger partial charge in [-0.1, -0.05) is 19.8 Å². The number of methoxy groups -OCH3 is 3. The number of unbranched alkanes of at least 4 members (excludes halogenated alkanes) is 2. The van der Waals surface area contributed by atoms with Crippen LogP contribution in [0.25, 0.3) is 0 Å². The molecule has 0 saturated carbocycles. The van der Waals surface area contributed by atoms with E-state index in [0.29, 0.717) is 65.9 Å². The number of hydrogen-bond acceptors (Lipinski definition) is 8. The molecule has 30 heavy (non-hydrogen) atoms. The highest BCUT2D eigenvalue weighted by molar-refractivity contribution is 5.66. The lowest BCUT2D eigenvalue weighted by atomic mass is 10.2. The third kappa shape index (κ3) is 29.4. The van der Waals surface area contributed by atoms with Crippen LogP contribution in [-0.4, -0.2) is 116 Å². The zero-order valence-corrected chi connectivity index (χ0v) is 19.6. The van der Waals surface area contributed by atoms with Crippen LogP contribution in [0, 0.1) is 0 Å². The molecule has 182 valence electrons. The highest BCUT2D eigenvalue weighted by atomic mass is 16.5. The van der Waals surface area contributed by atoms with Crippen LogP contribution < -0.4 is 0 Å². The Kier molecular flexibility index (Phi) is 29.5. The van der Waals surface area contributed by atoms with Gasteiger partial charge in [-0.2, -0.15) is 0 Å². The summed E-state index contributed by atoms with van der Waals surface area (Å²) in [5.74, 6) is -0.682. The van der Waals surface area contributed by atoms with Gasteiger partial charge in [-0.25, -0.2) is 0 Å². The van der Waals surface area contributed by atoms with E-state index < -0.39 is 5.97 Å². The summed E-state index contributed by atoms with van der Waals surface area (Å²) in [5, 5.41) is 8.14. The maximum Gasteiger partial charge on any atom is 0.303 e. The van der Waals surface area contributed by atoms with Gasteiger partial charge < -0.3 is 33.5 Å². The molecule has 0 radical (unpaired) electrons. The molecule has 0 aromatic heterocycles. The normalized spacial score (nSPS) is 10.8. The molecule has 0 rings (SSSR count). The Labute approximate surface area is 182 Å². The second kappa shape index (κ2) is 28.2. The fourth-order valence-electron chi connectivity index (χ4n) is 2.18. The number of carboxylic acid groups (broad SMARTS) is 1. The predicted octanol–water partition coefficient (Wildman–Crippen LogP) is 1.93. The molecule has 9 nitrogen and oxygen atoms in total. The Balaban J connectivity index is 0. The number of carbonyl (C=O) groups is 1. The fourth-order valence-corrected chi connectivity index (χ4v) is 2.18. The second-order valence-electron chi connectivity index (χ2n) is 6.51. The van der Waals surface area contributed by atoms with Crippen molar-refractivity contribution in [2.24, 2.45) is 0 Å². The molecule has 0 spiro atoms. The molecule has 0 fully saturated rings. The fraction of sp³-hybridized carbons (Fsp3) is 0.952. The summed E-state index contributed by atoms with van der Waals surface area (Å²) >= 11 is 0. The molecule has 0 aliphatic carbocycles. The number of carboxylic acids is 1. The van der Waals surface area contributed by atoms with Crippen molar-refractivity contribution in [2.45, 2.75) is 32.6 Å². The quantitative estimate of drug-likeness (QED) is 0.254. The summed E-state index contributed by atoms with van der Waals surface area (Å²) in [5.41, 5.74) is 0. The lowest BCUT2D eigenvalue weighted by Gasteiger charge is -2.22. The molecule has 0 aliphatic rings. The summed E-state index contributed by atoms with van der Waals surface area (Å²) in [7, 11) is 5.01. The van der Waals surface area contributed by atoms with Crippen molar-refractivity contribution in [1.82, 2.24) is 4.90 Å². The van der Waals surface area contributed by atoms with E-state index in [9.17, 15) is 4.79 Å². The first-order chi connectivity index (χ1) is 14.6. The van der Waals surface area contributed by atoms with Crippen molar-refractivity contribution in [2.75, 3.05) is 100 Å². The Morgan fingerprint density at radius 3 is 1.37 bits per heavy atom. The second-order valence-corrected chi connectivity index (χ2v) is 6.51. The standard InChI is InChI=1S/C15H33NO6.C6H12O2/c1-17-10-13-20-7-4-16(5-8-21-14-11-18-2)6-9-22-15-12-19-3;1-2-3-4-5-6(7)8/h4-15H2,1-3H3;2-5H2,1H3,(H,7,8). The number of rotatable bonds is 22. The average molecular weight is 440 g/mol. The van der Waals surface area contributed by atoms with Gasteiger partial charge in [-0.05, 0) is 6.42 Å². The summed E-state index contributed by atoms with van der Waals surface area (Å²) in [6.45, 7) is 10.4.